The van der Waals surface area contributed by atoms with Gasteiger partial charge in [-0.1, -0.05) is 0 Å². The van der Waals surface area contributed by atoms with Gasteiger partial charge in [-0.25, -0.2) is 14.2 Å². The van der Waals surface area contributed by atoms with Crippen LogP contribution in [0.3, 0.4) is 0 Å². The van der Waals surface area contributed by atoms with Crippen molar-refractivity contribution in [2.45, 2.75) is 13.8 Å². The Hall–Kier alpha value is -2.44. The van der Waals surface area contributed by atoms with Crippen molar-refractivity contribution in [1.29, 1.82) is 0 Å². The quantitative estimate of drug-likeness (QED) is 0.849. The number of nitrogen functional groups attached to an aromatic ring is 1. The summed E-state index contributed by atoms with van der Waals surface area (Å²) >= 11 is 0. The Bertz CT molecular complexity index is 624. The molecule has 100 valence electrons. The Morgan fingerprint density at radius 1 is 1.58 bits per heavy atom. The number of aromatic nitrogens is 3. The average molecular weight is 264 g/mol. The molecule has 0 unspecified atom stereocenters. The van der Waals surface area contributed by atoms with E-state index >= 15 is 0 Å². The van der Waals surface area contributed by atoms with Crippen molar-refractivity contribution in [3.8, 4) is 5.69 Å². The number of nitrogens with zero attached hydrogens (tertiary/aromatic N) is 3. The molecular weight excluding hydrogens is 251 g/mol. The van der Waals surface area contributed by atoms with Crippen molar-refractivity contribution >= 4 is 11.8 Å². The van der Waals surface area contributed by atoms with Gasteiger partial charge in [0.2, 0.25) is 0 Å². The van der Waals surface area contributed by atoms with Crippen LogP contribution in [0.15, 0.2) is 18.5 Å². The predicted octanol–water partition coefficient (Wildman–Crippen LogP) is 1.47. The summed E-state index contributed by atoms with van der Waals surface area (Å²) in [5.41, 5.74) is 6.02. The maximum atomic E-state index is 13.7. The largest absolute Gasteiger partial charge is 0.461 e. The lowest BCUT2D eigenvalue weighted by molar-refractivity contribution is 0.0521. The van der Waals surface area contributed by atoms with E-state index in [-0.39, 0.29) is 23.8 Å². The number of pyridine rings is 1. The van der Waals surface area contributed by atoms with E-state index < -0.39 is 11.8 Å². The van der Waals surface area contributed by atoms with Crippen LogP contribution in [0.4, 0.5) is 10.2 Å². The lowest BCUT2D eigenvalue weighted by Gasteiger charge is -2.08. The van der Waals surface area contributed by atoms with Crippen LogP contribution in [0, 0.1) is 12.7 Å². The normalized spacial score (nSPS) is 10.5. The number of anilines is 1. The first kappa shape index (κ1) is 13.0. The summed E-state index contributed by atoms with van der Waals surface area (Å²) < 4.78 is 19.9. The lowest BCUT2D eigenvalue weighted by atomic mass is 10.3. The molecule has 6 nitrogen and oxygen atoms in total. The van der Waals surface area contributed by atoms with Crippen LogP contribution in [0.1, 0.15) is 23.2 Å². The summed E-state index contributed by atoms with van der Waals surface area (Å²) in [5, 5.41) is 0. The Labute approximate surface area is 109 Å². The van der Waals surface area contributed by atoms with Crippen LogP contribution in [-0.2, 0) is 4.74 Å². The molecule has 2 N–H and O–H groups in total. The number of rotatable bonds is 3. The van der Waals surface area contributed by atoms with Crippen molar-refractivity contribution in [2.75, 3.05) is 12.3 Å². The summed E-state index contributed by atoms with van der Waals surface area (Å²) in [6.07, 6.45) is 2.50. The third kappa shape index (κ3) is 2.26. The number of imidazole rings is 1. The fraction of sp³-hybridized carbons (Fsp3) is 0.250. The highest BCUT2D eigenvalue weighted by Gasteiger charge is 2.21. The number of hydrogen-bond donors (Lipinski definition) is 1. The topological polar surface area (TPSA) is 83.0 Å². The molecule has 0 aromatic carbocycles. The fourth-order valence-corrected chi connectivity index (χ4v) is 1.75. The van der Waals surface area contributed by atoms with Crippen LogP contribution in [0.5, 0.6) is 0 Å². The highest BCUT2D eigenvalue weighted by atomic mass is 19.1. The maximum Gasteiger partial charge on any atom is 0.360 e. The molecular formula is C12H13FN4O2. The Kier molecular flexibility index (Phi) is 3.46. The van der Waals surface area contributed by atoms with Crippen LogP contribution < -0.4 is 5.73 Å². The highest BCUT2D eigenvalue weighted by molar-refractivity contribution is 5.92. The molecule has 0 aliphatic rings. The van der Waals surface area contributed by atoms with Crippen molar-refractivity contribution in [3.05, 3.63) is 35.8 Å². The molecule has 0 bridgehead atoms. The minimum absolute atomic E-state index is 0.0180. The molecule has 0 aliphatic carbocycles. The molecule has 0 saturated carbocycles. The zero-order chi connectivity index (χ0) is 14.0. The van der Waals surface area contributed by atoms with E-state index in [1.807, 2.05) is 0 Å². The molecule has 0 spiro atoms. The number of carbonyl (C=O) groups is 1. The van der Waals surface area contributed by atoms with E-state index in [4.69, 9.17) is 10.5 Å². The van der Waals surface area contributed by atoms with Gasteiger partial charge in [0.1, 0.15) is 11.6 Å². The van der Waals surface area contributed by atoms with Crippen LogP contribution >= 0.6 is 0 Å². The van der Waals surface area contributed by atoms with E-state index in [0.29, 0.717) is 5.82 Å². The number of carbonyl (C=O) groups excluding carboxylic acids is 1. The smallest absolute Gasteiger partial charge is 0.360 e. The number of ether oxygens (including phenoxy) is 1. The number of halogens is 1. The van der Waals surface area contributed by atoms with Crippen LogP contribution in [0.25, 0.3) is 5.69 Å². The van der Waals surface area contributed by atoms with Crippen molar-refractivity contribution in [1.82, 2.24) is 14.5 Å². The minimum atomic E-state index is -0.628. The minimum Gasteiger partial charge on any atom is -0.461 e. The molecule has 0 saturated heterocycles. The van der Waals surface area contributed by atoms with Crippen molar-refractivity contribution < 1.29 is 13.9 Å². The van der Waals surface area contributed by atoms with Gasteiger partial charge in [-0.2, -0.15) is 0 Å². The second-order valence-electron chi connectivity index (χ2n) is 3.78. The van der Waals surface area contributed by atoms with Gasteiger partial charge in [0, 0.05) is 6.20 Å². The standard InChI is InChI=1S/C12H13FN4O2/c1-3-19-12(18)10-11(14)17(7(2)16-10)9-4-5-15-6-8(9)13/h4-6H,3,14H2,1-2H3. The summed E-state index contributed by atoms with van der Waals surface area (Å²) in [6.45, 7) is 3.52. The van der Waals surface area contributed by atoms with Gasteiger partial charge in [-0.3, -0.25) is 9.55 Å². The summed E-state index contributed by atoms with van der Waals surface area (Å²) in [7, 11) is 0. The van der Waals surface area contributed by atoms with Crippen molar-refractivity contribution in [3.63, 3.8) is 0 Å². The average Bonchev–Trinajstić information content (AvgIpc) is 2.66. The van der Waals surface area contributed by atoms with Gasteiger partial charge in [0.25, 0.3) is 0 Å². The van der Waals surface area contributed by atoms with Gasteiger partial charge < -0.3 is 10.5 Å². The highest BCUT2D eigenvalue weighted by Crippen LogP contribution is 2.22. The van der Waals surface area contributed by atoms with E-state index in [9.17, 15) is 9.18 Å². The summed E-state index contributed by atoms with van der Waals surface area (Å²) in [5.74, 6) is -0.742. The maximum absolute atomic E-state index is 13.7. The van der Waals surface area contributed by atoms with Gasteiger partial charge in [0.15, 0.2) is 11.5 Å². The molecule has 0 aliphatic heterocycles. The molecule has 2 aromatic rings. The monoisotopic (exact) mass is 264 g/mol. The first-order valence-electron chi connectivity index (χ1n) is 5.68. The van der Waals surface area contributed by atoms with E-state index in [1.54, 1.807) is 13.8 Å². The van der Waals surface area contributed by atoms with E-state index in [0.717, 1.165) is 6.20 Å². The van der Waals surface area contributed by atoms with Crippen LogP contribution in [0.2, 0.25) is 0 Å². The molecule has 0 atom stereocenters. The zero-order valence-electron chi connectivity index (χ0n) is 10.6. The van der Waals surface area contributed by atoms with Gasteiger partial charge >= 0.3 is 5.97 Å². The Morgan fingerprint density at radius 2 is 2.32 bits per heavy atom. The number of esters is 1. The molecule has 0 amide bonds. The van der Waals surface area contributed by atoms with Gasteiger partial charge in [-0.15, -0.1) is 0 Å². The van der Waals surface area contributed by atoms with Crippen LogP contribution in [-0.4, -0.2) is 27.1 Å². The number of aryl methyl sites for hydroxylation is 1. The Morgan fingerprint density at radius 3 is 2.95 bits per heavy atom. The zero-order valence-corrected chi connectivity index (χ0v) is 10.6. The fourth-order valence-electron chi connectivity index (χ4n) is 1.75. The predicted molar refractivity (Wildman–Crippen MR) is 66.4 cm³/mol. The molecule has 2 heterocycles. The Balaban J connectivity index is 2.54. The third-order valence-corrected chi connectivity index (χ3v) is 2.54. The molecule has 2 aromatic heterocycles. The second kappa shape index (κ2) is 5.05. The summed E-state index contributed by atoms with van der Waals surface area (Å²) in [6, 6.07) is 1.45. The molecule has 0 radical (unpaired) electrons. The van der Waals surface area contributed by atoms with E-state index in [1.165, 1.54) is 16.8 Å². The third-order valence-electron chi connectivity index (χ3n) is 2.54. The second-order valence-corrected chi connectivity index (χ2v) is 3.78. The number of nitrogens with two attached hydrogens (primary N) is 1. The first-order chi connectivity index (χ1) is 9.06. The van der Waals surface area contributed by atoms with E-state index in [2.05, 4.69) is 9.97 Å². The van der Waals surface area contributed by atoms with Gasteiger partial charge in [-0.05, 0) is 19.9 Å². The molecule has 7 heteroatoms. The summed E-state index contributed by atoms with van der Waals surface area (Å²) in [4.78, 5) is 19.3. The first-order valence-corrected chi connectivity index (χ1v) is 5.68. The number of hydrogen-bond acceptors (Lipinski definition) is 5. The molecule has 0 fully saturated rings. The lowest BCUT2D eigenvalue weighted by Crippen LogP contribution is -2.10. The van der Waals surface area contributed by atoms with Crippen molar-refractivity contribution in [2.24, 2.45) is 0 Å². The van der Waals surface area contributed by atoms with Gasteiger partial charge in [0.05, 0.1) is 18.5 Å². The molecule has 19 heavy (non-hydrogen) atoms. The SMILES string of the molecule is CCOC(=O)c1nc(C)n(-c2ccncc2F)c1N. The molecule has 2 rings (SSSR count).